The number of halogens is 1. The number of nitrogens with one attached hydrogen (secondary N) is 1. The Morgan fingerprint density at radius 1 is 1.06 bits per heavy atom. The van der Waals surface area contributed by atoms with Gasteiger partial charge in [-0.05, 0) is 72.5 Å². The molecule has 1 N–H and O–H groups in total. The lowest BCUT2D eigenvalue weighted by molar-refractivity contribution is -0.119. The molecule has 0 saturated heterocycles. The van der Waals surface area contributed by atoms with Gasteiger partial charge >= 0.3 is 0 Å². The smallest absolute Gasteiger partial charge is 0.264 e. The van der Waals surface area contributed by atoms with Crippen molar-refractivity contribution >= 4 is 51.2 Å². The number of hydrogen-bond acceptors (Lipinski definition) is 6. The van der Waals surface area contributed by atoms with E-state index in [1.54, 1.807) is 36.0 Å². The number of anilines is 1. The Hall–Kier alpha value is -3.01. The lowest BCUT2D eigenvalue weighted by Gasteiger charge is -2.23. The van der Waals surface area contributed by atoms with Gasteiger partial charge in [0.15, 0.2) is 0 Å². The maximum Gasteiger partial charge on any atom is 0.264 e. The quantitative estimate of drug-likeness (QED) is 0.265. The van der Waals surface area contributed by atoms with Crippen LogP contribution >= 0.6 is 23.4 Å². The standard InChI is InChI=1S/C23H22ClN3O4S2/c1-31-20-9-13-22(14-10-20)33(29,30)27(19-7-5-18(24)6-8-19)16-23(28)26-25-15-17-3-11-21(32-2)12-4-17/h3-15H,16H2,1-2H3,(H,26,28)/b25-15-. The van der Waals surface area contributed by atoms with Crippen molar-refractivity contribution in [1.29, 1.82) is 0 Å². The van der Waals surface area contributed by atoms with Crippen LogP contribution in [0.15, 0.2) is 87.7 Å². The first-order valence-electron chi connectivity index (χ1n) is 9.72. The van der Waals surface area contributed by atoms with E-state index in [9.17, 15) is 13.2 Å². The fourth-order valence-electron chi connectivity index (χ4n) is 2.83. The Kier molecular flexibility index (Phi) is 8.37. The van der Waals surface area contributed by atoms with E-state index in [-0.39, 0.29) is 4.90 Å². The molecular formula is C23H22ClN3O4S2. The molecule has 3 rings (SSSR count). The zero-order valence-corrected chi connectivity index (χ0v) is 20.3. The van der Waals surface area contributed by atoms with Crippen molar-refractivity contribution in [3.8, 4) is 5.75 Å². The molecule has 0 atom stereocenters. The van der Waals surface area contributed by atoms with Gasteiger partial charge in [0.2, 0.25) is 0 Å². The fourth-order valence-corrected chi connectivity index (χ4v) is 4.79. The summed E-state index contributed by atoms with van der Waals surface area (Å²) in [6.45, 7) is -0.473. The third kappa shape index (κ3) is 6.50. The zero-order chi connectivity index (χ0) is 23.8. The van der Waals surface area contributed by atoms with E-state index in [0.717, 1.165) is 14.8 Å². The van der Waals surface area contributed by atoms with E-state index in [1.807, 2.05) is 30.5 Å². The SMILES string of the molecule is COc1ccc(S(=O)(=O)N(CC(=O)N/N=C\c2ccc(SC)cc2)c2ccc(Cl)cc2)cc1. The number of nitrogens with zero attached hydrogens (tertiary/aromatic N) is 2. The maximum atomic E-state index is 13.3. The van der Waals surface area contributed by atoms with Crippen LogP contribution in [0.5, 0.6) is 5.75 Å². The molecule has 0 heterocycles. The van der Waals surface area contributed by atoms with Crippen LogP contribution in [0.2, 0.25) is 5.02 Å². The van der Waals surface area contributed by atoms with Gasteiger partial charge < -0.3 is 4.74 Å². The topological polar surface area (TPSA) is 88.1 Å². The van der Waals surface area contributed by atoms with Gasteiger partial charge in [-0.3, -0.25) is 9.10 Å². The second-order valence-electron chi connectivity index (χ2n) is 6.73. The summed E-state index contributed by atoms with van der Waals surface area (Å²) < 4.78 is 32.8. The number of rotatable bonds is 9. The molecule has 3 aromatic carbocycles. The van der Waals surface area contributed by atoms with Crippen LogP contribution in [0, 0.1) is 0 Å². The molecule has 0 aliphatic rings. The zero-order valence-electron chi connectivity index (χ0n) is 17.9. The summed E-state index contributed by atoms with van der Waals surface area (Å²) in [6.07, 6.45) is 3.47. The van der Waals surface area contributed by atoms with Crippen molar-refractivity contribution in [2.45, 2.75) is 9.79 Å². The number of carbonyl (C=O) groups is 1. The first-order chi connectivity index (χ1) is 15.8. The van der Waals surface area contributed by atoms with Gasteiger partial charge in [0, 0.05) is 9.92 Å². The molecule has 0 radical (unpaired) electrons. The Bertz CT molecular complexity index is 1210. The second-order valence-corrected chi connectivity index (χ2v) is 9.91. The van der Waals surface area contributed by atoms with Crippen LogP contribution in [-0.4, -0.2) is 40.4 Å². The Morgan fingerprint density at radius 2 is 1.70 bits per heavy atom. The number of hydrazone groups is 1. The molecule has 0 bridgehead atoms. The van der Waals surface area contributed by atoms with Gasteiger partial charge in [0.1, 0.15) is 12.3 Å². The number of benzene rings is 3. The summed E-state index contributed by atoms with van der Waals surface area (Å²) >= 11 is 7.57. The van der Waals surface area contributed by atoms with Gasteiger partial charge in [-0.2, -0.15) is 5.10 Å². The minimum atomic E-state index is -4.05. The molecule has 0 saturated carbocycles. The van der Waals surface area contributed by atoms with Crippen LogP contribution in [0.25, 0.3) is 0 Å². The third-order valence-corrected chi connectivity index (χ3v) is 7.35. The predicted molar refractivity (Wildman–Crippen MR) is 133 cm³/mol. The highest BCUT2D eigenvalue weighted by Gasteiger charge is 2.27. The average molecular weight is 504 g/mol. The van der Waals surface area contributed by atoms with E-state index in [2.05, 4.69) is 10.5 Å². The minimum Gasteiger partial charge on any atom is -0.497 e. The lowest BCUT2D eigenvalue weighted by atomic mass is 10.2. The van der Waals surface area contributed by atoms with E-state index in [0.29, 0.717) is 16.5 Å². The van der Waals surface area contributed by atoms with Crippen LogP contribution in [0.1, 0.15) is 5.56 Å². The van der Waals surface area contributed by atoms with E-state index in [1.165, 1.54) is 37.6 Å². The number of thioether (sulfide) groups is 1. The highest BCUT2D eigenvalue weighted by atomic mass is 35.5. The van der Waals surface area contributed by atoms with Crippen molar-refractivity contribution in [2.75, 3.05) is 24.2 Å². The summed E-state index contributed by atoms with van der Waals surface area (Å²) in [5.41, 5.74) is 3.48. The monoisotopic (exact) mass is 503 g/mol. The minimum absolute atomic E-state index is 0.0171. The number of hydrogen-bond donors (Lipinski definition) is 1. The molecule has 0 spiro atoms. The highest BCUT2D eigenvalue weighted by Crippen LogP contribution is 2.26. The van der Waals surface area contributed by atoms with Gasteiger partial charge in [0.25, 0.3) is 15.9 Å². The number of sulfonamides is 1. The summed E-state index contributed by atoms with van der Waals surface area (Å²) in [5.74, 6) is -0.0799. The number of ether oxygens (including phenoxy) is 1. The molecule has 0 fully saturated rings. The first-order valence-corrected chi connectivity index (χ1v) is 12.8. The van der Waals surface area contributed by atoms with Crippen LogP contribution in [0.4, 0.5) is 5.69 Å². The van der Waals surface area contributed by atoms with Crippen molar-refractivity contribution in [3.05, 3.63) is 83.4 Å². The Balaban J connectivity index is 1.80. The van der Waals surface area contributed by atoms with Crippen molar-refractivity contribution in [1.82, 2.24) is 5.43 Å². The Labute approximate surface area is 202 Å². The number of methoxy groups -OCH3 is 1. The van der Waals surface area contributed by atoms with Gasteiger partial charge in [-0.1, -0.05) is 23.7 Å². The molecule has 3 aromatic rings. The van der Waals surface area contributed by atoms with Crippen molar-refractivity contribution < 1.29 is 17.9 Å². The van der Waals surface area contributed by atoms with E-state index in [4.69, 9.17) is 16.3 Å². The average Bonchev–Trinajstić information content (AvgIpc) is 2.83. The molecule has 172 valence electrons. The largest absolute Gasteiger partial charge is 0.497 e. The van der Waals surface area contributed by atoms with Gasteiger partial charge in [0.05, 0.1) is 23.9 Å². The summed E-state index contributed by atoms with van der Waals surface area (Å²) in [7, 11) is -2.56. The fraction of sp³-hybridized carbons (Fsp3) is 0.130. The normalized spacial score (nSPS) is 11.4. The highest BCUT2D eigenvalue weighted by molar-refractivity contribution is 7.98. The van der Waals surface area contributed by atoms with E-state index >= 15 is 0 Å². The van der Waals surface area contributed by atoms with Crippen molar-refractivity contribution in [3.63, 3.8) is 0 Å². The molecule has 0 aromatic heterocycles. The second kappa shape index (κ2) is 11.2. The number of amides is 1. The Morgan fingerprint density at radius 3 is 2.27 bits per heavy atom. The lowest BCUT2D eigenvalue weighted by Crippen LogP contribution is -2.39. The molecule has 10 heteroatoms. The van der Waals surface area contributed by atoms with Crippen LogP contribution in [0.3, 0.4) is 0 Å². The molecule has 0 aliphatic carbocycles. The summed E-state index contributed by atoms with van der Waals surface area (Å²) in [4.78, 5) is 13.7. The first kappa shape index (κ1) is 24.6. The van der Waals surface area contributed by atoms with Gasteiger partial charge in [-0.15, -0.1) is 11.8 Å². The van der Waals surface area contributed by atoms with Crippen LogP contribution in [-0.2, 0) is 14.8 Å². The molecular weight excluding hydrogens is 482 g/mol. The van der Waals surface area contributed by atoms with Crippen molar-refractivity contribution in [2.24, 2.45) is 5.10 Å². The molecule has 0 unspecified atom stereocenters. The maximum absolute atomic E-state index is 13.3. The predicted octanol–water partition coefficient (Wildman–Crippen LogP) is 4.42. The molecule has 33 heavy (non-hydrogen) atoms. The van der Waals surface area contributed by atoms with Gasteiger partial charge in [-0.25, -0.2) is 13.8 Å². The third-order valence-electron chi connectivity index (χ3n) is 4.57. The number of carbonyl (C=O) groups excluding carboxylic acids is 1. The molecule has 0 aliphatic heterocycles. The van der Waals surface area contributed by atoms with Crippen LogP contribution < -0.4 is 14.5 Å². The molecule has 7 nitrogen and oxygen atoms in total. The van der Waals surface area contributed by atoms with E-state index < -0.39 is 22.5 Å². The summed E-state index contributed by atoms with van der Waals surface area (Å²) in [5, 5.41) is 4.39. The molecule has 1 amide bonds. The summed E-state index contributed by atoms with van der Waals surface area (Å²) in [6, 6.07) is 19.7.